The van der Waals surface area contributed by atoms with Gasteiger partial charge >= 0.3 is 0 Å². The molecule has 0 aromatic rings. The van der Waals surface area contributed by atoms with Crippen molar-refractivity contribution in [1.82, 2.24) is 0 Å². The van der Waals surface area contributed by atoms with Crippen molar-refractivity contribution in [3.05, 3.63) is 0 Å². The fourth-order valence-corrected chi connectivity index (χ4v) is 8.59. The first-order valence-corrected chi connectivity index (χ1v) is 9.77. The molecule has 0 saturated carbocycles. The van der Waals surface area contributed by atoms with Crippen LogP contribution in [-0.2, 0) is 8.85 Å². The standard InChI is InChI=1S/C6H18BO2Si2/c1-8-10(3,4)7-11(5,6)9-2/h1-6H3. The second-order valence-electron chi connectivity index (χ2n) is 3.76. The van der Waals surface area contributed by atoms with Crippen molar-refractivity contribution < 1.29 is 8.85 Å². The van der Waals surface area contributed by atoms with Crippen LogP contribution in [0.1, 0.15) is 0 Å². The second-order valence-corrected chi connectivity index (χ2v) is 12.1. The van der Waals surface area contributed by atoms with Crippen molar-refractivity contribution in [3.63, 3.8) is 0 Å². The van der Waals surface area contributed by atoms with Crippen LogP contribution in [0, 0.1) is 0 Å². The van der Waals surface area contributed by atoms with Gasteiger partial charge in [-0.05, 0) is 0 Å². The molecule has 0 heterocycles. The van der Waals surface area contributed by atoms with Crippen LogP contribution in [0.5, 0.6) is 0 Å². The molecule has 0 spiro atoms. The summed E-state index contributed by atoms with van der Waals surface area (Å²) in [5, 5.41) is 0. The molecule has 0 aliphatic heterocycles. The van der Waals surface area contributed by atoms with Crippen LogP contribution < -0.4 is 0 Å². The van der Waals surface area contributed by atoms with Crippen molar-refractivity contribution in [2.24, 2.45) is 0 Å². The fraction of sp³-hybridized carbons (Fsp3) is 1.00. The van der Waals surface area contributed by atoms with E-state index in [2.05, 4.69) is 32.7 Å². The lowest BCUT2D eigenvalue weighted by atomic mass is 10.7. The van der Waals surface area contributed by atoms with E-state index in [0.29, 0.717) is 0 Å². The van der Waals surface area contributed by atoms with E-state index in [0.717, 1.165) is 0 Å². The molecule has 0 unspecified atom stereocenters. The van der Waals surface area contributed by atoms with Gasteiger partial charge in [-0.25, -0.2) is 0 Å². The highest BCUT2D eigenvalue weighted by Gasteiger charge is 2.34. The van der Waals surface area contributed by atoms with E-state index in [-0.39, 0.29) is 0 Å². The lowest BCUT2D eigenvalue weighted by molar-refractivity contribution is 0.414. The van der Waals surface area contributed by atoms with Gasteiger partial charge in [-0.15, -0.1) is 0 Å². The minimum atomic E-state index is -1.52. The third-order valence-corrected chi connectivity index (χ3v) is 9.41. The molecule has 0 fully saturated rings. The molecule has 11 heavy (non-hydrogen) atoms. The number of hydrogen-bond acceptors (Lipinski definition) is 2. The first-order valence-electron chi connectivity index (χ1n) is 3.80. The molecule has 0 aromatic heterocycles. The Morgan fingerprint density at radius 2 is 1.09 bits per heavy atom. The van der Waals surface area contributed by atoms with E-state index in [9.17, 15) is 0 Å². The molecule has 1 radical (unpaired) electrons. The van der Waals surface area contributed by atoms with E-state index < -0.39 is 16.4 Å². The maximum atomic E-state index is 5.41. The summed E-state index contributed by atoms with van der Waals surface area (Å²) in [6, 6.07) is 0. The summed E-state index contributed by atoms with van der Waals surface area (Å²) in [6.07, 6.45) is 0. The van der Waals surface area contributed by atoms with E-state index in [1.54, 1.807) is 14.2 Å². The van der Waals surface area contributed by atoms with Gasteiger partial charge in [-0.3, -0.25) is 0 Å². The molecule has 0 bridgehead atoms. The Balaban J connectivity index is 4.02. The highest BCUT2D eigenvalue weighted by molar-refractivity contribution is 7.49. The summed E-state index contributed by atoms with van der Waals surface area (Å²) >= 11 is 0. The molecule has 0 atom stereocenters. The minimum absolute atomic E-state index is 1.52. The van der Waals surface area contributed by atoms with Crippen molar-refractivity contribution >= 4 is 22.8 Å². The molecule has 0 N–H and O–H groups in total. The SMILES string of the molecule is CO[Si](C)(C)[B][Si](C)(C)OC. The van der Waals surface area contributed by atoms with E-state index in [1.807, 2.05) is 0 Å². The van der Waals surface area contributed by atoms with Crippen molar-refractivity contribution in [2.75, 3.05) is 14.2 Å². The molecule has 0 rings (SSSR count). The van der Waals surface area contributed by atoms with E-state index in [4.69, 9.17) is 8.85 Å². The maximum absolute atomic E-state index is 5.41. The zero-order valence-electron chi connectivity index (χ0n) is 8.39. The Labute approximate surface area is 72.7 Å². The third-order valence-electron chi connectivity index (χ3n) is 1.75. The van der Waals surface area contributed by atoms with Gasteiger partial charge in [0.2, 0.25) is 0 Å². The second kappa shape index (κ2) is 3.89. The molecule has 5 heteroatoms. The highest BCUT2D eigenvalue weighted by Crippen LogP contribution is 2.09. The van der Waals surface area contributed by atoms with E-state index >= 15 is 0 Å². The minimum Gasteiger partial charge on any atom is -0.429 e. The molecule has 0 amide bonds. The molecular formula is C6H18BO2Si2. The molecule has 2 nitrogen and oxygen atoms in total. The van der Waals surface area contributed by atoms with Crippen molar-refractivity contribution in [3.8, 4) is 0 Å². The lowest BCUT2D eigenvalue weighted by Gasteiger charge is -2.28. The lowest BCUT2D eigenvalue weighted by Crippen LogP contribution is -2.53. The van der Waals surface area contributed by atoms with Gasteiger partial charge in [-0.2, -0.15) is 0 Å². The maximum Gasteiger partial charge on any atom is 0.167 e. The quantitative estimate of drug-likeness (QED) is 0.622. The van der Waals surface area contributed by atoms with Crippen LogP contribution in [-0.4, -0.2) is 37.1 Å². The van der Waals surface area contributed by atoms with Gasteiger partial charge in [0.05, 0.1) is 0 Å². The molecule has 65 valence electrons. The summed E-state index contributed by atoms with van der Waals surface area (Å²) in [5.41, 5.74) is 0. The fourth-order valence-electron chi connectivity index (χ4n) is 0.955. The zero-order chi connectivity index (χ0) is 9.12. The van der Waals surface area contributed by atoms with E-state index in [1.165, 1.54) is 0 Å². The molecule has 0 aromatic carbocycles. The topological polar surface area (TPSA) is 18.5 Å². The molecule has 0 saturated heterocycles. The van der Waals surface area contributed by atoms with Crippen LogP contribution in [0.15, 0.2) is 0 Å². The summed E-state index contributed by atoms with van der Waals surface area (Å²) in [5.74, 6) is 0. The molecular weight excluding hydrogens is 171 g/mol. The third kappa shape index (κ3) is 4.79. The summed E-state index contributed by atoms with van der Waals surface area (Å²) < 4.78 is 10.8. The van der Waals surface area contributed by atoms with Gasteiger partial charge in [0.25, 0.3) is 0 Å². The summed E-state index contributed by atoms with van der Waals surface area (Å²) in [6.45, 7) is 11.0. The summed E-state index contributed by atoms with van der Waals surface area (Å²) in [4.78, 5) is 0. The monoisotopic (exact) mass is 189 g/mol. The summed E-state index contributed by atoms with van der Waals surface area (Å²) in [7, 11) is 0.517. The predicted molar refractivity (Wildman–Crippen MR) is 54.7 cm³/mol. The van der Waals surface area contributed by atoms with Gasteiger partial charge < -0.3 is 8.85 Å². The van der Waals surface area contributed by atoms with Gasteiger partial charge in [0, 0.05) is 14.2 Å². The molecule has 0 aliphatic rings. The van der Waals surface area contributed by atoms with Gasteiger partial charge in [0.15, 0.2) is 6.46 Å². The Morgan fingerprint density at radius 1 is 0.818 bits per heavy atom. The Hall–Kier alpha value is 0.419. The largest absolute Gasteiger partial charge is 0.429 e. The Morgan fingerprint density at radius 3 is 1.27 bits per heavy atom. The Bertz CT molecular complexity index is 114. The van der Waals surface area contributed by atoms with Gasteiger partial charge in [0.1, 0.15) is 16.4 Å². The van der Waals surface area contributed by atoms with Crippen LogP contribution in [0.4, 0.5) is 0 Å². The molecule has 0 aliphatic carbocycles. The zero-order valence-corrected chi connectivity index (χ0v) is 10.4. The number of hydrogen-bond donors (Lipinski definition) is 0. The average Bonchev–Trinajstić information content (AvgIpc) is 1.86. The van der Waals surface area contributed by atoms with Crippen LogP contribution in [0.25, 0.3) is 0 Å². The smallest absolute Gasteiger partial charge is 0.167 e. The van der Waals surface area contributed by atoms with Crippen LogP contribution >= 0.6 is 0 Å². The van der Waals surface area contributed by atoms with Crippen LogP contribution in [0.2, 0.25) is 26.2 Å². The highest BCUT2D eigenvalue weighted by atomic mass is 28.4. The normalized spacial score (nSPS) is 13.3. The predicted octanol–water partition coefficient (Wildman–Crippen LogP) is 1.39. The van der Waals surface area contributed by atoms with Crippen molar-refractivity contribution in [1.29, 1.82) is 0 Å². The first-order chi connectivity index (χ1) is 4.83. The Kier molecular flexibility index (Phi) is 4.04. The average molecular weight is 189 g/mol. The van der Waals surface area contributed by atoms with Crippen molar-refractivity contribution in [2.45, 2.75) is 26.2 Å². The van der Waals surface area contributed by atoms with Gasteiger partial charge in [-0.1, -0.05) is 26.2 Å². The number of rotatable bonds is 4. The first kappa shape index (κ1) is 11.4. The van der Waals surface area contributed by atoms with Crippen LogP contribution in [0.3, 0.4) is 0 Å².